The van der Waals surface area contributed by atoms with Gasteiger partial charge in [0.1, 0.15) is 5.71 Å². The van der Waals surface area contributed by atoms with E-state index in [9.17, 15) is 26.3 Å². The number of hydrogen-bond acceptors (Lipinski definition) is 3. The number of aromatic nitrogens is 2. The van der Waals surface area contributed by atoms with E-state index in [2.05, 4.69) is 34.3 Å². The van der Waals surface area contributed by atoms with Gasteiger partial charge in [-0.05, 0) is 60.4 Å². The summed E-state index contributed by atoms with van der Waals surface area (Å²) in [6.07, 6.45) is -5.20. The van der Waals surface area contributed by atoms with E-state index in [0.717, 1.165) is 43.9 Å². The minimum absolute atomic E-state index is 0.0600. The van der Waals surface area contributed by atoms with Crippen molar-refractivity contribution in [2.45, 2.75) is 63.8 Å². The maximum Gasteiger partial charge on any atom is 0.418 e. The summed E-state index contributed by atoms with van der Waals surface area (Å²) >= 11 is 0. The van der Waals surface area contributed by atoms with Crippen LogP contribution in [0.25, 0.3) is 22.2 Å². The van der Waals surface area contributed by atoms with Crippen molar-refractivity contribution in [3.8, 4) is 11.1 Å². The van der Waals surface area contributed by atoms with E-state index in [1.165, 1.54) is 18.2 Å². The molecule has 1 saturated carbocycles. The van der Waals surface area contributed by atoms with Crippen molar-refractivity contribution in [2.75, 3.05) is 0 Å². The monoisotopic (exact) mass is 494 g/mol. The first-order valence-corrected chi connectivity index (χ1v) is 11.4. The van der Waals surface area contributed by atoms with E-state index in [0.29, 0.717) is 12.1 Å². The quantitative estimate of drug-likeness (QED) is 0.367. The van der Waals surface area contributed by atoms with Crippen molar-refractivity contribution in [3.63, 3.8) is 0 Å². The number of hydrazone groups is 1. The second kappa shape index (κ2) is 7.73. The predicted octanol–water partition coefficient (Wildman–Crippen LogP) is 7.30. The Bertz CT molecular complexity index is 1310. The number of fused-ring (bicyclic) bond motifs is 1. The fourth-order valence-corrected chi connectivity index (χ4v) is 5.03. The number of benzene rings is 2. The third-order valence-electron chi connectivity index (χ3n) is 7.21. The molecule has 0 saturated heterocycles. The first-order valence-electron chi connectivity index (χ1n) is 11.4. The Morgan fingerprint density at radius 1 is 0.857 bits per heavy atom. The van der Waals surface area contributed by atoms with E-state index in [-0.39, 0.29) is 38.9 Å². The van der Waals surface area contributed by atoms with Gasteiger partial charge < -0.3 is 10.4 Å². The Hall–Kier alpha value is -3.04. The van der Waals surface area contributed by atoms with Gasteiger partial charge in [0.15, 0.2) is 5.82 Å². The minimum Gasteiger partial charge on any atom is -0.336 e. The fourth-order valence-electron chi connectivity index (χ4n) is 5.03. The summed E-state index contributed by atoms with van der Waals surface area (Å²) < 4.78 is 82.6. The fraction of sp³-hybridized carbons (Fsp3) is 0.440. The molecule has 1 fully saturated rings. The van der Waals surface area contributed by atoms with E-state index in [1.807, 2.05) is 0 Å². The molecule has 0 unspecified atom stereocenters. The molecule has 2 N–H and O–H groups in total. The number of hydrogen-bond donors (Lipinski definition) is 2. The van der Waals surface area contributed by atoms with Gasteiger partial charge in [-0.1, -0.05) is 32.0 Å². The molecule has 0 bridgehead atoms. The van der Waals surface area contributed by atoms with Gasteiger partial charge in [0, 0.05) is 6.42 Å². The van der Waals surface area contributed by atoms with Crippen LogP contribution in [0.2, 0.25) is 0 Å². The molecule has 3 aromatic rings. The second-order valence-corrected chi connectivity index (χ2v) is 10.3. The highest BCUT2D eigenvalue weighted by Gasteiger charge is 2.43. The first-order chi connectivity index (χ1) is 16.3. The Labute approximate surface area is 197 Å². The van der Waals surface area contributed by atoms with Crippen LogP contribution in [-0.2, 0) is 12.4 Å². The van der Waals surface area contributed by atoms with Crippen LogP contribution in [0.5, 0.6) is 0 Å². The number of nitrogens with zero attached hydrogens (tertiary/aromatic N) is 2. The van der Waals surface area contributed by atoms with Crippen molar-refractivity contribution in [1.29, 1.82) is 0 Å². The van der Waals surface area contributed by atoms with E-state index in [1.54, 1.807) is 0 Å². The molecule has 1 aliphatic heterocycles. The van der Waals surface area contributed by atoms with E-state index < -0.39 is 23.5 Å². The van der Waals surface area contributed by atoms with Crippen LogP contribution in [0.1, 0.15) is 62.9 Å². The number of rotatable bonds is 2. The zero-order chi connectivity index (χ0) is 25.2. The maximum atomic E-state index is 14.0. The SMILES string of the molecule is CC1(C)CCC2(CC1)CC(c1nc3cc(-c4ccccc4C(F)(F)F)cc(C(F)(F)F)c3[nH]1)=NN2. The van der Waals surface area contributed by atoms with Gasteiger partial charge in [-0.25, -0.2) is 4.98 Å². The third-order valence-corrected chi connectivity index (χ3v) is 7.21. The molecule has 1 aliphatic carbocycles. The van der Waals surface area contributed by atoms with Crippen LogP contribution in [0.15, 0.2) is 41.5 Å². The number of H-pyrrole nitrogens is 1. The molecule has 35 heavy (non-hydrogen) atoms. The number of aromatic amines is 1. The molecular weight excluding hydrogens is 470 g/mol. The summed E-state index contributed by atoms with van der Waals surface area (Å²) in [6.45, 7) is 4.42. The molecule has 1 spiro atoms. The van der Waals surface area contributed by atoms with Gasteiger partial charge in [-0.15, -0.1) is 0 Å². The molecular formula is C25H24F6N4. The molecule has 2 heterocycles. The summed E-state index contributed by atoms with van der Waals surface area (Å²) in [4.78, 5) is 7.10. The van der Waals surface area contributed by atoms with Gasteiger partial charge in [0.2, 0.25) is 0 Å². The average Bonchev–Trinajstić information content (AvgIpc) is 3.39. The molecule has 0 atom stereocenters. The lowest BCUT2D eigenvalue weighted by Gasteiger charge is -2.40. The van der Waals surface area contributed by atoms with Crippen molar-refractivity contribution in [2.24, 2.45) is 10.5 Å². The van der Waals surface area contributed by atoms with Gasteiger partial charge in [-0.3, -0.25) is 0 Å². The summed E-state index contributed by atoms with van der Waals surface area (Å²) in [5, 5.41) is 4.39. The Morgan fingerprint density at radius 3 is 2.17 bits per heavy atom. The number of alkyl halides is 6. The molecule has 2 aliphatic rings. The highest BCUT2D eigenvalue weighted by molar-refractivity contribution is 6.02. The van der Waals surface area contributed by atoms with Crippen LogP contribution in [0.4, 0.5) is 26.3 Å². The Kier molecular flexibility index (Phi) is 5.23. The number of imidazole rings is 1. The third kappa shape index (κ3) is 4.38. The molecule has 0 amide bonds. The number of halogens is 6. The van der Waals surface area contributed by atoms with E-state index >= 15 is 0 Å². The van der Waals surface area contributed by atoms with Crippen LogP contribution < -0.4 is 5.43 Å². The highest BCUT2D eigenvalue weighted by Crippen LogP contribution is 2.44. The zero-order valence-corrected chi connectivity index (χ0v) is 19.2. The Balaban J connectivity index is 1.56. The van der Waals surface area contributed by atoms with Crippen LogP contribution in [0.3, 0.4) is 0 Å². The van der Waals surface area contributed by atoms with Gasteiger partial charge >= 0.3 is 12.4 Å². The van der Waals surface area contributed by atoms with Crippen molar-refractivity contribution >= 4 is 16.7 Å². The number of nitrogens with one attached hydrogen (secondary N) is 2. The van der Waals surface area contributed by atoms with Crippen molar-refractivity contribution in [3.05, 3.63) is 53.3 Å². The highest BCUT2D eigenvalue weighted by atomic mass is 19.4. The molecule has 5 rings (SSSR count). The smallest absolute Gasteiger partial charge is 0.336 e. The van der Waals surface area contributed by atoms with Crippen LogP contribution >= 0.6 is 0 Å². The summed E-state index contributed by atoms with van der Waals surface area (Å²) in [6, 6.07) is 6.59. The molecule has 4 nitrogen and oxygen atoms in total. The summed E-state index contributed by atoms with van der Waals surface area (Å²) in [5.74, 6) is 0.195. The predicted molar refractivity (Wildman–Crippen MR) is 121 cm³/mol. The standard InChI is InChI=1S/C25H24F6N4/c1-22(2)7-9-23(10-8-22)13-19(34-35-23)21-32-18-12-14(11-17(20(18)33-21)25(29,30)31)15-5-3-4-6-16(15)24(26,27)28/h3-6,11-12,35H,7-10,13H2,1-2H3,(H,32,33). The molecule has 0 radical (unpaired) electrons. The topological polar surface area (TPSA) is 53.1 Å². The molecule has 186 valence electrons. The largest absolute Gasteiger partial charge is 0.418 e. The van der Waals surface area contributed by atoms with Gasteiger partial charge in [0.25, 0.3) is 0 Å². The lowest BCUT2D eigenvalue weighted by Crippen LogP contribution is -2.44. The summed E-state index contributed by atoms with van der Waals surface area (Å²) in [5.41, 5.74) is 0.767. The minimum atomic E-state index is -4.79. The maximum absolute atomic E-state index is 14.0. The van der Waals surface area contributed by atoms with E-state index in [4.69, 9.17) is 0 Å². The molecule has 1 aromatic heterocycles. The van der Waals surface area contributed by atoms with Crippen molar-refractivity contribution in [1.82, 2.24) is 15.4 Å². The van der Waals surface area contributed by atoms with Crippen LogP contribution in [0, 0.1) is 5.41 Å². The normalized spacial score (nSPS) is 19.7. The summed E-state index contributed by atoms with van der Waals surface area (Å²) in [7, 11) is 0. The average molecular weight is 494 g/mol. The second-order valence-electron chi connectivity index (χ2n) is 10.3. The zero-order valence-electron chi connectivity index (χ0n) is 19.2. The Morgan fingerprint density at radius 2 is 1.51 bits per heavy atom. The first kappa shape index (κ1) is 23.7. The van der Waals surface area contributed by atoms with Crippen LogP contribution in [-0.4, -0.2) is 21.2 Å². The lowest BCUT2D eigenvalue weighted by atomic mass is 9.68. The molecule has 10 heteroatoms. The van der Waals surface area contributed by atoms with Gasteiger partial charge in [0.05, 0.1) is 27.7 Å². The lowest BCUT2D eigenvalue weighted by molar-refractivity contribution is -0.137. The van der Waals surface area contributed by atoms with Gasteiger partial charge in [-0.2, -0.15) is 31.4 Å². The molecule has 2 aromatic carbocycles. The van der Waals surface area contributed by atoms with Crippen molar-refractivity contribution < 1.29 is 26.3 Å².